The van der Waals surface area contributed by atoms with Crippen LogP contribution in [0.15, 0.2) is 42.5 Å². The molecule has 1 aliphatic carbocycles. The van der Waals surface area contributed by atoms with Gasteiger partial charge in [0.25, 0.3) is 0 Å². The predicted molar refractivity (Wildman–Crippen MR) is 66.4 cm³/mol. The second kappa shape index (κ2) is 5.03. The maximum absolute atomic E-state index is 5.90. The highest BCUT2D eigenvalue weighted by Crippen LogP contribution is 2.33. The molecule has 0 N–H and O–H groups in total. The highest BCUT2D eigenvalue weighted by atomic mass is 16.7. The zero-order valence-corrected chi connectivity index (χ0v) is 9.92. The fourth-order valence-corrected chi connectivity index (χ4v) is 2.61. The Bertz CT molecular complexity index is 367. The van der Waals surface area contributed by atoms with E-state index in [-0.39, 0.29) is 6.29 Å². The first-order chi connectivity index (χ1) is 8.43. The number of allylic oxidation sites excluding steroid dienone is 2. The van der Waals surface area contributed by atoms with E-state index in [1.54, 1.807) is 0 Å². The van der Waals surface area contributed by atoms with E-state index in [0.717, 1.165) is 31.6 Å². The third-order valence-corrected chi connectivity index (χ3v) is 3.71. The Morgan fingerprint density at radius 1 is 0.824 bits per heavy atom. The summed E-state index contributed by atoms with van der Waals surface area (Å²) in [6.07, 6.45) is 6.63. The largest absolute Gasteiger partial charge is 0.348 e. The molecule has 0 aromatic heterocycles. The Kier molecular flexibility index (Phi) is 3.25. The first-order valence-corrected chi connectivity index (χ1v) is 6.36. The Morgan fingerprint density at radius 2 is 1.41 bits per heavy atom. The molecular weight excluding hydrogens is 212 g/mol. The summed E-state index contributed by atoms with van der Waals surface area (Å²) in [4.78, 5) is 0. The van der Waals surface area contributed by atoms with Crippen molar-refractivity contribution in [3.05, 3.63) is 48.0 Å². The van der Waals surface area contributed by atoms with Crippen molar-refractivity contribution in [2.24, 2.45) is 11.8 Å². The molecule has 2 heteroatoms. The molecule has 2 nitrogen and oxygen atoms in total. The smallest absolute Gasteiger partial charge is 0.183 e. The minimum Gasteiger partial charge on any atom is -0.348 e. The van der Waals surface area contributed by atoms with Gasteiger partial charge in [0.15, 0.2) is 6.29 Å². The summed E-state index contributed by atoms with van der Waals surface area (Å²) in [7, 11) is 0. The number of fused-ring (bicyclic) bond motifs is 1. The van der Waals surface area contributed by atoms with Crippen molar-refractivity contribution in [1.29, 1.82) is 0 Å². The second-order valence-corrected chi connectivity index (χ2v) is 4.87. The molecule has 1 fully saturated rings. The summed E-state index contributed by atoms with van der Waals surface area (Å²) in [6, 6.07) is 10.2. The number of hydrogen-bond acceptors (Lipinski definition) is 2. The van der Waals surface area contributed by atoms with Crippen LogP contribution < -0.4 is 0 Å². The summed E-state index contributed by atoms with van der Waals surface area (Å²) >= 11 is 0. The number of hydrogen-bond donors (Lipinski definition) is 0. The van der Waals surface area contributed by atoms with E-state index in [0.29, 0.717) is 11.8 Å². The summed E-state index contributed by atoms with van der Waals surface area (Å²) in [5.74, 6) is 1.27. The standard InChI is InChI=1S/C15H18O2/c1-2-6-12(7-3-1)15-16-10-13-8-4-5-9-14(13)11-17-15/h1-7,13-15H,8-11H2/t13-,14-/m1/s1. The van der Waals surface area contributed by atoms with Gasteiger partial charge in [0.05, 0.1) is 13.2 Å². The molecule has 1 saturated heterocycles. The Balaban J connectivity index is 1.71. The SMILES string of the molecule is C1=CC[C@@H]2COC(c3ccccc3)OC[C@H]2C1. The van der Waals surface area contributed by atoms with Crippen LogP contribution in [0.3, 0.4) is 0 Å². The molecule has 90 valence electrons. The van der Waals surface area contributed by atoms with Gasteiger partial charge in [-0.1, -0.05) is 42.5 Å². The van der Waals surface area contributed by atoms with Crippen LogP contribution in [0.5, 0.6) is 0 Å². The third-order valence-electron chi connectivity index (χ3n) is 3.71. The number of rotatable bonds is 1. The van der Waals surface area contributed by atoms with E-state index in [9.17, 15) is 0 Å². The number of benzene rings is 1. The Morgan fingerprint density at radius 3 is 2.00 bits per heavy atom. The van der Waals surface area contributed by atoms with Crippen molar-refractivity contribution in [2.45, 2.75) is 19.1 Å². The molecule has 0 spiro atoms. The van der Waals surface area contributed by atoms with Gasteiger partial charge in [-0.3, -0.25) is 0 Å². The zero-order valence-electron chi connectivity index (χ0n) is 9.92. The molecule has 1 aromatic rings. The molecule has 1 aliphatic heterocycles. The lowest BCUT2D eigenvalue weighted by molar-refractivity contribution is -0.134. The van der Waals surface area contributed by atoms with Crippen LogP contribution in [0.2, 0.25) is 0 Å². The van der Waals surface area contributed by atoms with Crippen molar-refractivity contribution >= 4 is 0 Å². The van der Waals surface area contributed by atoms with Crippen LogP contribution in [0.4, 0.5) is 0 Å². The average Bonchev–Trinajstić information content (AvgIpc) is 2.62. The van der Waals surface area contributed by atoms with E-state index >= 15 is 0 Å². The maximum atomic E-state index is 5.90. The van der Waals surface area contributed by atoms with Gasteiger partial charge in [-0.25, -0.2) is 0 Å². The van der Waals surface area contributed by atoms with Crippen molar-refractivity contribution in [2.75, 3.05) is 13.2 Å². The minimum atomic E-state index is -0.179. The zero-order chi connectivity index (χ0) is 11.5. The van der Waals surface area contributed by atoms with Crippen LogP contribution in [0.25, 0.3) is 0 Å². The van der Waals surface area contributed by atoms with E-state index in [1.807, 2.05) is 18.2 Å². The van der Waals surface area contributed by atoms with Gasteiger partial charge < -0.3 is 9.47 Å². The molecule has 3 rings (SSSR count). The Labute approximate surface area is 102 Å². The second-order valence-electron chi connectivity index (χ2n) is 4.87. The van der Waals surface area contributed by atoms with Crippen molar-refractivity contribution in [1.82, 2.24) is 0 Å². The molecule has 2 aliphatic rings. The van der Waals surface area contributed by atoms with Gasteiger partial charge in [0, 0.05) is 5.56 Å². The molecule has 0 amide bonds. The summed E-state index contributed by atoms with van der Waals surface area (Å²) in [6.45, 7) is 1.63. The summed E-state index contributed by atoms with van der Waals surface area (Å²) < 4.78 is 11.8. The van der Waals surface area contributed by atoms with Crippen LogP contribution >= 0.6 is 0 Å². The van der Waals surface area contributed by atoms with Crippen molar-refractivity contribution in [3.63, 3.8) is 0 Å². The molecule has 1 aromatic carbocycles. The first kappa shape index (κ1) is 11.0. The van der Waals surface area contributed by atoms with E-state index in [4.69, 9.17) is 9.47 Å². The van der Waals surface area contributed by atoms with Crippen LogP contribution in [0.1, 0.15) is 24.7 Å². The van der Waals surface area contributed by atoms with Gasteiger partial charge in [-0.05, 0) is 24.7 Å². The molecule has 2 atom stereocenters. The fraction of sp³-hybridized carbons (Fsp3) is 0.467. The van der Waals surface area contributed by atoms with E-state index < -0.39 is 0 Å². The Hall–Kier alpha value is -1.12. The quantitative estimate of drug-likeness (QED) is 0.689. The predicted octanol–water partition coefficient (Wildman–Crippen LogP) is 3.31. The first-order valence-electron chi connectivity index (χ1n) is 6.36. The molecule has 0 radical (unpaired) electrons. The lowest BCUT2D eigenvalue weighted by Crippen LogP contribution is -2.21. The maximum Gasteiger partial charge on any atom is 0.183 e. The molecule has 0 unspecified atom stereocenters. The van der Waals surface area contributed by atoms with E-state index in [1.165, 1.54) is 0 Å². The molecule has 0 saturated carbocycles. The van der Waals surface area contributed by atoms with Gasteiger partial charge >= 0.3 is 0 Å². The van der Waals surface area contributed by atoms with Crippen LogP contribution in [-0.4, -0.2) is 13.2 Å². The summed E-state index contributed by atoms with van der Waals surface area (Å²) in [5.41, 5.74) is 1.12. The fourth-order valence-electron chi connectivity index (χ4n) is 2.61. The average molecular weight is 230 g/mol. The van der Waals surface area contributed by atoms with E-state index in [2.05, 4.69) is 24.3 Å². The topological polar surface area (TPSA) is 18.5 Å². The lowest BCUT2D eigenvalue weighted by Gasteiger charge is -2.24. The minimum absolute atomic E-state index is 0.179. The van der Waals surface area contributed by atoms with Crippen LogP contribution in [0, 0.1) is 11.8 Å². The highest BCUT2D eigenvalue weighted by Gasteiger charge is 2.29. The lowest BCUT2D eigenvalue weighted by atomic mass is 9.84. The number of ether oxygens (including phenoxy) is 2. The highest BCUT2D eigenvalue weighted by molar-refractivity contribution is 5.16. The molecule has 17 heavy (non-hydrogen) atoms. The molecule has 0 bridgehead atoms. The van der Waals surface area contributed by atoms with Crippen LogP contribution in [-0.2, 0) is 9.47 Å². The van der Waals surface area contributed by atoms with Gasteiger partial charge in [0.1, 0.15) is 0 Å². The van der Waals surface area contributed by atoms with Crippen molar-refractivity contribution < 1.29 is 9.47 Å². The normalized spacial score (nSPS) is 29.6. The van der Waals surface area contributed by atoms with Gasteiger partial charge in [-0.15, -0.1) is 0 Å². The monoisotopic (exact) mass is 230 g/mol. The van der Waals surface area contributed by atoms with Gasteiger partial charge in [-0.2, -0.15) is 0 Å². The molecular formula is C15H18O2. The molecule has 1 heterocycles. The van der Waals surface area contributed by atoms with Crippen molar-refractivity contribution in [3.8, 4) is 0 Å². The third kappa shape index (κ3) is 2.43. The van der Waals surface area contributed by atoms with Gasteiger partial charge in [0.2, 0.25) is 0 Å². The summed E-state index contributed by atoms with van der Waals surface area (Å²) in [5, 5.41) is 0.